The first-order valence-corrected chi connectivity index (χ1v) is 9.68. The second-order valence-electron chi connectivity index (χ2n) is 6.53. The van der Waals surface area contributed by atoms with Gasteiger partial charge in [0, 0.05) is 11.3 Å². The Morgan fingerprint density at radius 2 is 1.80 bits per heavy atom. The van der Waals surface area contributed by atoms with Gasteiger partial charge in [0.1, 0.15) is 11.5 Å². The van der Waals surface area contributed by atoms with Crippen LogP contribution in [0.1, 0.15) is 40.7 Å². The van der Waals surface area contributed by atoms with E-state index in [2.05, 4.69) is 17.6 Å². The highest BCUT2D eigenvalue weighted by atomic mass is 16.5. The van der Waals surface area contributed by atoms with E-state index in [1.807, 2.05) is 0 Å². The number of benzene rings is 2. The number of hydrogen-bond acceptors (Lipinski definition) is 5. The van der Waals surface area contributed by atoms with Gasteiger partial charge in [0.15, 0.2) is 5.76 Å². The van der Waals surface area contributed by atoms with Crippen LogP contribution in [0.4, 0.5) is 11.4 Å². The van der Waals surface area contributed by atoms with E-state index in [0.717, 1.165) is 18.6 Å². The summed E-state index contributed by atoms with van der Waals surface area (Å²) in [6, 6.07) is 15.1. The van der Waals surface area contributed by atoms with E-state index < -0.39 is 0 Å². The van der Waals surface area contributed by atoms with Gasteiger partial charge in [-0.25, -0.2) is 0 Å². The molecule has 7 nitrogen and oxygen atoms in total. The molecule has 0 saturated carbocycles. The van der Waals surface area contributed by atoms with Crippen LogP contribution in [-0.2, 0) is 0 Å². The molecule has 0 saturated heterocycles. The fourth-order valence-electron chi connectivity index (χ4n) is 2.72. The lowest BCUT2D eigenvalue weighted by Crippen LogP contribution is -2.14. The Bertz CT molecular complexity index is 981. The van der Waals surface area contributed by atoms with Gasteiger partial charge in [0.25, 0.3) is 11.8 Å². The number of ether oxygens (including phenoxy) is 2. The van der Waals surface area contributed by atoms with Crippen LogP contribution in [0.3, 0.4) is 0 Å². The smallest absolute Gasteiger partial charge is 0.291 e. The molecule has 2 N–H and O–H groups in total. The van der Waals surface area contributed by atoms with E-state index >= 15 is 0 Å². The molecule has 30 heavy (non-hydrogen) atoms. The Morgan fingerprint density at radius 3 is 2.47 bits per heavy atom. The van der Waals surface area contributed by atoms with Crippen molar-refractivity contribution < 1.29 is 23.5 Å². The fourth-order valence-corrected chi connectivity index (χ4v) is 2.72. The summed E-state index contributed by atoms with van der Waals surface area (Å²) in [4.78, 5) is 24.8. The first-order chi connectivity index (χ1) is 14.6. The number of amides is 2. The molecule has 0 aliphatic heterocycles. The van der Waals surface area contributed by atoms with Crippen LogP contribution in [-0.4, -0.2) is 25.5 Å². The van der Waals surface area contributed by atoms with Crippen molar-refractivity contribution in [3.63, 3.8) is 0 Å². The van der Waals surface area contributed by atoms with Gasteiger partial charge in [-0.1, -0.05) is 13.3 Å². The van der Waals surface area contributed by atoms with Crippen molar-refractivity contribution in [3.8, 4) is 11.5 Å². The van der Waals surface area contributed by atoms with E-state index in [1.54, 1.807) is 54.6 Å². The number of rotatable bonds is 9. The Hall–Kier alpha value is -3.74. The quantitative estimate of drug-likeness (QED) is 0.488. The van der Waals surface area contributed by atoms with Gasteiger partial charge >= 0.3 is 0 Å². The lowest BCUT2D eigenvalue weighted by atomic mass is 10.2. The maximum Gasteiger partial charge on any atom is 0.291 e. The zero-order valence-corrected chi connectivity index (χ0v) is 16.9. The van der Waals surface area contributed by atoms with E-state index in [9.17, 15) is 9.59 Å². The monoisotopic (exact) mass is 408 g/mol. The van der Waals surface area contributed by atoms with E-state index in [4.69, 9.17) is 13.9 Å². The highest BCUT2D eigenvalue weighted by Crippen LogP contribution is 2.29. The van der Waals surface area contributed by atoms with E-state index in [-0.39, 0.29) is 17.6 Å². The van der Waals surface area contributed by atoms with Gasteiger partial charge < -0.3 is 24.5 Å². The van der Waals surface area contributed by atoms with Crippen LogP contribution in [0, 0.1) is 0 Å². The Morgan fingerprint density at radius 1 is 1.00 bits per heavy atom. The molecule has 7 heteroatoms. The number of unbranched alkanes of at least 4 members (excludes halogenated alkanes) is 1. The second kappa shape index (κ2) is 10.2. The Labute approximate surface area is 175 Å². The zero-order chi connectivity index (χ0) is 21.3. The molecule has 0 aliphatic carbocycles. The highest BCUT2D eigenvalue weighted by molar-refractivity contribution is 6.06. The molecule has 3 aromatic rings. The highest BCUT2D eigenvalue weighted by Gasteiger charge is 2.13. The molecular weight excluding hydrogens is 384 g/mol. The maximum absolute atomic E-state index is 12.7. The second-order valence-corrected chi connectivity index (χ2v) is 6.53. The van der Waals surface area contributed by atoms with Crippen LogP contribution < -0.4 is 20.1 Å². The first kappa shape index (κ1) is 21.0. The summed E-state index contributed by atoms with van der Waals surface area (Å²) in [7, 11) is 1.51. The van der Waals surface area contributed by atoms with Crippen molar-refractivity contribution >= 4 is 23.2 Å². The average molecular weight is 408 g/mol. The van der Waals surface area contributed by atoms with Crippen LogP contribution in [0.2, 0.25) is 0 Å². The van der Waals surface area contributed by atoms with Crippen molar-refractivity contribution in [2.45, 2.75) is 19.8 Å². The number of carbonyl (C=O) groups is 2. The van der Waals surface area contributed by atoms with Gasteiger partial charge in [-0.05, 0) is 61.0 Å². The third-order valence-electron chi connectivity index (χ3n) is 4.33. The van der Waals surface area contributed by atoms with Crippen LogP contribution in [0.25, 0.3) is 0 Å². The minimum Gasteiger partial charge on any atom is -0.495 e. The molecule has 0 bridgehead atoms. The molecule has 0 radical (unpaired) electrons. The molecule has 156 valence electrons. The fraction of sp³-hybridized carbons (Fsp3) is 0.217. The third-order valence-corrected chi connectivity index (χ3v) is 4.33. The summed E-state index contributed by atoms with van der Waals surface area (Å²) in [5.41, 5.74) is 1.40. The Kier molecular flexibility index (Phi) is 7.10. The van der Waals surface area contributed by atoms with Crippen LogP contribution in [0.15, 0.2) is 65.3 Å². The summed E-state index contributed by atoms with van der Waals surface area (Å²) in [5, 5.41) is 5.54. The molecule has 1 aromatic heterocycles. The molecule has 0 unspecified atom stereocenters. The lowest BCUT2D eigenvalue weighted by Gasteiger charge is -2.13. The molecule has 0 fully saturated rings. The molecular formula is C23H24N2O5. The summed E-state index contributed by atoms with van der Waals surface area (Å²) in [6.45, 7) is 2.75. The number of carbonyl (C=O) groups excluding carboxylic acids is 2. The summed E-state index contributed by atoms with van der Waals surface area (Å²) in [6.07, 6.45) is 3.47. The largest absolute Gasteiger partial charge is 0.495 e. The molecule has 2 aromatic carbocycles. The minimum atomic E-state index is -0.388. The van der Waals surface area contributed by atoms with E-state index in [1.165, 1.54) is 13.4 Å². The van der Waals surface area contributed by atoms with Crippen molar-refractivity contribution in [2.75, 3.05) is 24.4 Å². The molecule has 1 heterocycles. The van der Waals surface area contributed by atoms with Crippen LogP contribution >= 0.6 is 0 Å². The van der Waals surface area contributed by atoms with Gasteiger partial charge in [-0.2, -0.15) is 0 Å². The number of hydrogen-bond donors (Lipinski definition) is 2. The zero-order valence-electron chi connectivity index (χ0n) is 16.9. The standard InChI is InChI=1S/C23H24N2O5/c1-3-4-13-29-18-10-7-16(8-11-18)22(26)25-19-15-17(9-12-20(19)28-2)24-23(27)21-6-5-14-30-21/h5-12,14-15H,3-4,13H2,1-2H3,(H,24,27)(H,25,26). The molecule has 2 amide bonds. The lowest BCUT2D eigenvalue weighted by molar-refractivity contribution is 0.0995. The average Bonchev–Trinajstić information content (AvgIpc) is 3.30. The minimum absolute atomic E-state index is 0.192. The Balaban J connectivity index is 1.69. The predicted octanol–water partition coefficient (Wildman–Crippen LogP) is 4.97. The van der Waals surface area contributed by atoms with E-state index in [0.29, 0.717) is 29.3 Å². The summed E-state index contributed by atoms with van der Waals surface area (Å²) < 4.78 is 16.0. The van der Waals surface area contributed by atoms with Gasteiger partial charge in [0.05, 0.1) is 25.7 Å². The number of furan rings is 1. The SMILES string of the molecule is CCCCOc1ccc(C(=O)Nc2cc(NC(=O)c3ccco3)ccc2OC)cc1. The molecule has 0 atom stereocenters. The van der Waals surface area contributed by atoms with Crippen LogP contribution in [0.5, 0.6) is 11.5 Å². The normalized spacial score (nSPS) is 10.3. The first-order valence-electron chi connectivity index (χ1n) is 9.68. The van der Waals surface area contributed by atoms with Crippen molar-refractivity contribution in [1.29, 1.82) is 0 Å². The summed E-state index contributed by atoms with van der Waals surface area (Å²) in [5.74, 6) is 0.695. The van der Waals surface area contributed by atoms with Gasteiger partial charge in [-0.3, -0.25) is 9.59 Å². The summed E-state index contributed by atoms with van der Waals surface area (Å²) >= 11 is 0. The maximum atomic E-state index is 12.7. The predicted molar refractivity (Wildman–Crippen MR) is 114 cm³/mol. The number of nitrogens with one attached hydrogen (secondary N) is 2. The number of anilines is 2. The molecule has 0 aliphatic rings. The van der Waals surface area contributed by atoms with Gasteiger partial charge in [0.2, 0.25) is 0 Å². The van der Waals surface area contributed by atoms with Crippen molar-refractivity contribution in [2.24, 2.45) is 0 Å². The third kappa shape index (κ3) is 5.41. The van der Waals surface area contributed by atoms with Gasteiger partial charge in [-0.15, -0.1) is 0 Å². The molecule has 0 spiro atoms. The van der Waals surface area contributed by atoms with Crippen molar-refractivity contribution in [3.05, 3.63) is 72.2 Å². The van der Waals surface area contributed by atoms with Crippen molar-refractivity contribution in [1.82, 2.24) is 0 Å². The topological polar surface area (TPSA) is 89.8 Å². The number of methoxy groups -OCH3 is 1. The molecule has 3 rings (SSSR count).